The fourth-order valence-electron chi connectivity index (χ4n) is 8.67. The average molecular weight is 1810 g/mol. The van der Waals surface area contributed by atoms with Crippen molar-refractivity contribution in [2.45, 2.75) is 81.4 Å². The largest absolute Gasteiger partial charge is 0.480 e. The molecule has 126 heavy (non-hydrogen) atoms. The van der Waals surface area contributed by atoms with E-state index in [1.165, 1.54) is 0 Å². The number of hydrogen-bond donors (Lipinski definition) is 34. The van der Waals surface area contributed by atoms with E-state index in [-0.39, 0.29) is 25.2 Å². The molecule has 0 fully saturated rings. The number of carbonyl (C=O) groups excluding carboxylic acids is 26. The number of aliphatic hydroxyl groups excluding tert-OH is 6. The Hall–Kier alpha value is -14.6. The van der Waals surface area contributed by atoms with Gasteiger partial charge in [0.15, 0.2) is 0 Å². The Bertz CT molecular complexity index is 3890. The number of hydrogen-bond acceptors (Lipinski definition) is 34. The lowest BCUT2D eigenvalue weighted by Crippen LogP contribution is -2.57. The molecular weight excluding hydrogens is 1700 g/mol. The molecule has 26 amide bonds. The molecule has 0 aliphatic carbocycles. The number of carboxylic acid groups (broad SMARTS) is 1. The molecule has 0 saturated heterocycles. The number of aliphatic carboxylic acids is 1. The highest BCUT2D eigenvalue weighted by molar-refractivity contribution is 6.00. The molecule has 0 radical (unpaired) electrons. The Morgan fingerprint density at radius 1 is 0.222 bits per heavy atom. The lowest BCUT2D eigenvalue weighted by atomic mass is 10.0. The van der Waals surface area contributed by atoms with E-state index in [1.807, 2.05) is 10.6 Å². The summed E-state index contributed by atoms with van der Waals surface area (Å²) in [6, 6.07) is -12.6. The quantitative estimate of drug-likeness (QED) is 0.0269. The molecule has 36 N–H and O–H groups in total. The van der Waals surface area contributed by atoms with E-state index in [4.69, 9.17) is 16.6 Å². The van der Waals surface area contributed by atoms with Gasteiger partial charge in [-0.05, 0) is 18.8 Å². The summed E-state index contributed by atoms with van der Waals surface area (Å²) in [4.78, 5) is 331. The van der Waals surface area contributed by atoms with Crippen molar-refractivity contribution in [1.29, 1.82) is 0 Å². The van der Waals surface area contributed by atoms with Crippen LogP contribution in [0.3, 0.4) is 0 Å². The SMILES string of the molecule is CC(C)C[C@H](NC(=O)[C@H](CO)NC(=O)CNC(=O)CNC(=O)CNC(=O)[C@H](CO)NC(=O)CNC(=O)CNC(=O)CNC(=O)CNC(=O)[C@H](CO)NC(=O)CNC(=O)CNC(=O)CNC(=O)CNC(=O)[C@H](CO)NC(=O)CNC(=O)CNC(=O)CNC(=O)CNC(=O)[C@H](CO)NC(=O)CNC(=O)CNC(=O)CNC(=O)[C@@H](N)CO)C(=O)N[C@@H](CCC(N)=O)C(=O)O. The molecule has 0 aromatic rings. The van der Waals surface area contributed by atoms with Crippen molar-refractivity contribution >= 4 is 160 Å². The number of carboxylic acids is 1. The number of nitrogens with one attached hydrogen (secondary N) is 25. The molecule has 8 atom stereocenters. The van der Waals surface area contributed by atoms with Gasteiger partial charge < -0.3 is 180 Å². The second kappa shape index (κ2) is 62.5. The predicted molar refractivity (Wildman–Crippen MR) is 414 cm³/mol. The predicted octanol–water partition coefficient (Wildman–Crippen LogP) is -25.9. The number of nitrogens with two attached hydrogens (primary N) is 2. The number of amides is 26. The molecule has 0 heterocycles. The van der Waals surface area contributed by atoms with Crippen molar-refractivity contribution in [3.63, 3.8) is 0 Å². The molecule has 0 unspecified atom stereocenters. The zero-order valence-electron chi connectivity index (χ0n) is 67.6. The Labute approximate surface area is 711 Å². The smallest absolute Gasteiger partial charge is 0.326 e. The highest BCUT2D eigenvalue weighted by atomic mass is 16.4. The molecule has 61 nitrogen and oxygen atoms in total. The van der Waals surface area contributed by atoms with Crippen LogP contribution in [0, 0.1) is 5.92 Å². The normalized spacial score (nSPS) is 12.3. The molecule has 0 rings (SSSR count). The molecule has 0 aromatic carbocycles. The number of primary amides is 1. The van der Waals surface area contributed by atoms with Crippen LogP contribution in [0.2, 0.25) is 0 Å². The van der Waals surface area contributed by atoms with E-state index in [0.29, 0.717) is 0 Å². The minimum atomic E-state index is -1.71. The summed E-state index contributed by atoms with van der Waals surface area (Å²) < 4.78 is 0. The summed E-state index contributed by atoms with van der Waals surface area (Å²) in [7, 11) is 0. The monoisotopic (exact) mass is 1810 g/mol. The molecular formula is C65H105N27O34. The van der Waals surface area contributed by atoms with Crippen molar-refractivity contribution < 1.29 is 165 Å². The Kier molecular flexibility index (Phi) is 55.3. The van der Waals surface area contributed by atoms with Crippen LogP contribution in [-0.2, 0) is 129 Å². The van der Waals surface area contributed by atoms with Crippen LogP contribution >= 0.6 is 0 Å². The third-order valence-electron chi connectivity index (χ3n) is 15.3. The fraction of sp³-hybridized carbons (Fsp3) is 0.585. The summed E-state index contributed by atoms with van der Waals surface area (Å²) in [5.41, 5.74) is 10.3. The van der Waals surface area contributed by atoms with Crippen molar-refractivity contribution in [3.8, 4) is 0 Å². The van der Waals surface area contributed by atoms with Gasteiger partial charge in [0, 0.05) is 6.42 Å². The van der Waals surface area contributed by atoms with E-state index in [0.717, 1.165) is 0 Å². The van der Waals surface area contributed by atoms with Crippen LogP contribution in [0.5, 0.6) is 0 Å². The average Bonchev–Trinajstić information content (AvgIpc) is 0.869. The van der Waals surface area contributed by atoms with Gasteiger partial charge in [0.05, 0.1) is 157 Å². The Morgan fingerprint density at radius 3 is 0.579 bits per heavy atom. The molecule has 704 valence electrons. The molecule has 0 spiro atoms. The highest BCUT2D eigenvalue weighted by Gasteiger charge is 2.32. The zero-order valence-corrected chi connectivity index (χ0v) is 67.6. The topological polar surface area (TPSA) is 955 Å². The summed E-state index contributed by atoms with van der Waals surface area (Å²) >= 11 is 0. The second-order valence-electron chi connectivity index (χ2n) is 26.1. The van der Waals surface area contributed by atoms with Crippen molar-refractivity contribution in [2.75, 3.05) is 157 Å². The molecule has 0 aliphatic heterocycles. The van der Waals surface area contributed by atoms with E-state index >= 15 is 0 Å². The lowest BCUT2D eigenvalue weighted by molar-refractivity contribution is -0.143. The second-order valence-corrected chi connectivity index (χ2v) is 26.1. The van der Waals surface area contributed by atoms with Crippen molar-refractivity contribution in [2.24, 2.45) is 17.4 Å². The first-order valence-electron chi connectivity index (χ1n) is 37.2. The van der Waals surface area contributed by atoms with Crippen LogP contribution < -0.4 is 144 Å². The third-order valence-corrected chi connectivity index (χ3v) is 15.3. The van der Waals surface area contributed by atoms with Gasteiger partial charge in [0.2, 0.25) is 154 Å². The van der Waals surface area contributed by atoms with Crippen LogP contribution in [0.1, 0.15) is 33.1 Å². The summed E-state index contributed by atoms with van der Waals surface area (Å²) in [6.45, 7) is -16.4. The Morgan fingerprint density at radius 2 is 0.397 bits per heavy atom. The van der Waals surface area contributed by atoms with E-state index in [2.05, 4.69) is 122 Å². The minimum absolute atomic E-state index is 0.0317. The van der Waals surface area contributed by atoms with Crippen molar-refractivity contribution in [1.82, 2.24) is 133 Å². The first-order valence-corrected chi connectivity index (χ1v) is 37.2. The van der Waals surface area contributed by atoms with E-state index < -0.39 is 365 Å². The van der Waals surface area contributed by atoms with E-state index in [9.17, 15) is 160 Å². The lowest BCUT2D eigenvalue weighted by Gasteiger charge is -2.25. The van der Waals surface area contributed by atoms with Crippen LogP contribution in [-0.4, -0.2) is 401 Å². The Balaban J connectivity index is 4.58. The molecule has 0 aliphatic rings. The number of rotatable bonds is 62. The molecule has 61 heteroatoms. The summed E-state index contributed by atoms with van der Waals surface area (Å²) in [6.07, 6.45) is -0.768. The molecule has 0 bridgehead atoms. The van der Waals surface area contributed by atoms with E-state index in [1.54, 1.807) is 13.8 Å². The van der Waals surface area contributed by atoms with Gasteiger partial charge in [-0.2, -0.15) is 0 Å². The molecule has 0 saturated carbocycles. The van der Waals surface area contributed by atoms with Gasteiger partial charge >= 0.3 is 5.97 Å². The zero-order chi connectivity index (χ0) is 95.6. The number of aliphatic hydroxyl groups is 6. The van der Waals surface area contributed by atoms with Gasteiger partial charge in [-0.3, -0.25) is 125 Å². The van der Waals surface area contributed by atoms with Gasteiger partial charge in [-0.1, -0.05) is 13.8 Å². The standard InChI is InChI=1S/C65H105N27O34/c1-30(2)5-33(63(123)91-32(65(125)126)3-4-39(67)99)92-64(124)38(29-98)90-57(117)23-80-47(107)13-75-52(112)18-85-62(122)37(28-97)88-55(115)21-78-45(105)11-70-41(101)7-73-50(110)16-83-60(120)35(26-95)86-53(113)19-76-43(103)9-68-40(100)6-72-49(109)15-82-59(119)34(25-94)87-54(114)20-77-44(104)10-69-42(102)8-74-51(111)17-84-61(121)36(27-96)89-56(116)22-79-46(106)12-71-48(108)14-81-58(118)31(66)24-93/h30-38,93-98H,3-29,66H2,1-2H3,(H2,67,99)(H,68,100)(H,69,102)(H,70,101)(H,71,108)(H,72,109)(H,73,110)(H,74,111)(H,75,112)(H,76,103)(H,77,104)(H,78,105)(H,79,106)(H,80,107)(H,81,118)(H,82,119)(H,83,120)(H,84,121)(H,85,122)(H,86,113)(H,87,114)(H,88,115)(H,89,116)(H,90,117)(H,91,123)(H,92,124)(H,125,126)/t31-,32-,33-,34-,35-,36-,37-,38-/m0/s1. The minimum Gasteiger partial charge on any atom is -0.480 e. The first-order chi connectivity index (χ1) is 59.4. The van der Waals surface area contributed by atoms with Crippen LogP contribution in [0.4, 0.5) is 0 Å². The maximum Gasteiger partial charge on any atom is 0.326 e. The maximum atomic E-state index is 13.0. The highest BCUT2D eigenvalue weighted by Crippen LogP contribution is 2.08. The number of carbonyl (C=O) groups is 27. The van der Waals surface area contributed by atoms with Crippen LogP contribution in [0.25, 0.3) is 0 Å². The first kappa shape index (κ1) is 111. The van der Waals surface area contributed by atoms with Gasteiger partial charge in [0.25, 0.3) is 0 Å². The molecule has 0 aromatic heterocycles. The summed E-state index contributed by atoms with van der Waals surface area (Å²) in [5.74, 6) is -27.6. The fourth-order valence-corrected chi connectivity index (χ4v) is 8.67. The summed E-state index contributed by atoms with van der Waals surface area (Å²) in [5, 5.41) is 119. The maximum absolute atomic E-state index is 13.0. The van der Waals surface area contributed by atoms with Gasteiger partial charge in [-0.25, -0.2) is 4.79 Å². The van der Waals surface area contributed by atoms with Crippen molar-refractivity contribution in [3.05, 3.63) is 0 Å². The van der Waals surface area contributed by atoms with Crippen LogP contribution in [0.15, 0.2) is 0 Å². The third kappa shape index (κ3) is 52.6. The van der Waals surface area contributed by atoms with Gasteiger partial charge in [-0.15, -0.1) is 0 Å². The van der Waals surface area contributed by atoms with Gasteiger partial charge in [0.1, 0.15) is 48.3 Å².